The number of aliphatic hydroxyl groups excluding tert-OH is 2. The van der Waals surface area contributed by atoms with Gasteiger partial charge in [0.2, 0.25) is 0 Å². The lowest BCUT2D eigenvalue weighted by Gasteiger charge is -2.21. The third kappa shape index (κ3) is 83.7. The minimum absolute atomic E-state index is 0.0784. The Morgan fingerprint density at radius 3 is 0.743 bits per heavy atom. The predicted molar refractivity (Wildman–Crippen MR) is 454 cm³/mol. The van der Waals surface area contributed by atoms with E-state index in [0.29, 0.717) is 19.3 Å². The van der Waals surface area contributed by atoms with Crippen molar-refractivity contribution in [1.82, 2.24) is 0 Å². The van der Waals surface area contributed by atoms with Gasteiger partial charge in [0.25, 0.3) is 0 Å². The van der Waals surface area contributed by atoms with Crippen LogP contribution < -0.4 is 0 Å². The third-order valence-corrected chi connectivity index (χ3v) is 19.3. The highest BCUT2D eigenvalue weighted by Crippen LogP contribution is 2.45. The van der Waals surface area contributed by atoms with Crippen molar-refractivity contribution in [2.24, 2.45) is 0 Å². The number of carbonyl (C=O) groups excluding carboxylic acids is 3. The summed E-state index contributed by atoms with van der Waals surface area (Å²) in [4.78, 5) is 58.7. The second-order valence-corrected chi connectivity index (χ2v) is 30.7. The van der Waals surface area contributed by atoms with E-state index in [0.717, 1.165) is 167 Å². The van der Waals surface area contributed by atoms with Gasteiger partial charge in [-0.2, -0.15) is 0 Å². The third-order valence-electron chi connectivity index (χ3n) is 17.4. The van der Waals surface area contributed by atoms with Crippen molar-refractivity contribution in [3.05, 3.63) is 170 Å². The van der Waals surface area contributed by atoms with E-state index in [1.54, 1.807) is 0 Å². The van der Waals surface area contributed by atoms with Crippen LogP contribution in [0.2, 0.25) is 0 Å². The predicted octanol–water partition coefficient (Wildman–Crippen LogP) is 25.5. The Balaban J connectivity index is 4.49. The largest absolute Gasteiger partial charge is 0.472 e. The number of carbonyl (C=O) groups is 3. The Kier molecular flexibility index (Phi) is 78.5. The van der Waals surface area contributed by atoms with E-state index in [-0.39, 0.29) is 19.3 Å². The van der Waals surface area contributed by atoms with Crippen LogP contribution in [0.5, 0.6) is 0 Å². The molecule has 0 aliphatic rings. The maximum absolute atomic E-state index is 13.0. The molecule has 0 radical (unpaired) electrons. The van der Waals surface area contributed by atoms with Gasteiger partial charge < -0.3 is 34.2 Å². The number of unbranched alkanes of at least 4 members (excludes halogenated alkanes) is 28. The van der Waals surface area contributed by atoms with Gasteiger partial charge in [0, 0.05) is 19.3 Å². The van der Waals surface area contributed by atoms with Crippen molar-refractivity contribution in [2.75, 3.05) is 39.6 Å². The average molecular weight is 1560 g/mol. The smallest absolute Gasteiger partial charge is 0.463 e. The summed E-state index contributed by atoms with van der Waals surface area (Å²) >= 11 is 0. The summed E-state index contributed by atoms with van der Waals surface area (Å²) in [6.45, 7) is 2.29. The molecule has 0 aromatic carbocycles. The summed E-state index contributed by atoms with van der Waals surface area (Å²) in [5.41, 5.74) is 0. The van der Waals surface area contributed by atoms with E-state index in [4.69, 9.17) is 32.3 Å². The maximum atomic E-state index is 13.0. The van der Waals surface area contributed by atoms with Crippen LogP contribution in [-0.4, -0.2) is 95.9 Å². The molecule has 0 spiro atoms. The van der Waals surface area contributed by atoms with Crippen molar-refractivity contribution in [1.29, 1.82) is 0 Å². The van der Waals surface area contributed by atoms with Gasteiger partial charge in [0.1, 0.15) is 25.4 Å². The van der Waals surface area contributed by atoms with Gasteiger partial charge in [-0.1, -0.05) is 332 Å². The standard InChI is InChI=1S/C91H152O16P2/c1-4-7-10-13-16-19-22-25-28-31-33-35-36-37-38-39-40-41-42-43-44-45-46-47-48-50-52-54-56-59-62-65-68-71-74-77-89(94)101-80-86(92)81-103-108(97,98)104-82-87(93)83-105-109(99,100)106-85-88(107-91(96)79-76-73-70-67-64-61-58-53-30-27-24-21-18-15-12-9-6-3)84-102-90(95)78-75-72-69-66-63-60-57-55-51-49-34-32-29-26-23-20-17-14-11-8-5-2/h7-12,16-21,25-30,33-35,37-38,49,55,57,63,66,86-88,92-93H,4-6,13-15,22-24,31-32,36,39-48,50-54,56,58-62,64-65,67-85H2,1-3H3,(H,97,98)(H,99,100)/b10-7-,11-8-,12-9-,19-16-,20-17-,21-18-,28-25-,29-26-,30-27-,35-33-,38-37-,49-34-,57-55-,66-63-. The fourth-order valence-corrected chi connectivity index (χ4v) is 12.7. The van der Waals surface area contributed by atoms with Crippen molar-refractivity contribution < 1.29 is 75.8 Å². The molecule has 0 aromatic rings. The highest BCUT2D eigenvalue weighted by atomic mass is 31.2. The van der Waals surface area contributed by atoms with Crippen LogP contribution in [0.15, 0.2) is 170 Å². The van der Waals surface area contributed by atoms with Gasteiger partial charge >= 0.3 is 33.6 Å². The molecular formula is C91H152O16P2. The zero-order valence-electron chi connectivity index (χ0n) is 68.2. The highest BCUT2D eigenvalue weighted by Gasteiger charge is 2.29. The lowest BCUT2D eigenvalue weighted by molar-refractivity contribution is -0.161. The van der Waals surface area contributed by atoms with Gasteiger partial charge in [-0.25, -0.2) is 9.13 Å². The van der Waals surface area contributed by atoms with Crippen LogP contribution in [0.3, 0.4) is 0 Å². The van der Waals surface area contributed by atoms with Crippen LogP contribution in [0, 0.1) is 0 Å². The second kappa shape index (κ2) is 82.4. The Morgan fingerprint density at radius 1 is 0.257 bits per heavy atom. The minimum atomic E-state index is -4.95. The fourth-order valence-electron chi connectivity index (χ4n) is 11.1. The lowest BCUT2D eigenvalue weighted by Crippen LogP contribution is -2.30. The van der Waals surface area contributed by atoms with Crippen LogP contribution in [-0.2, 0) is 55.8 Å². The molecule has 4 N–H and O–H groups in total. The first-order chi connectivity index (χ1) is 53.2. The second-order valence-electron chi connectivity index (χ2n) is 27.8. The van der Waals surface area contributed by atoms with Crippen molar-refractivity contribution in [2.45, 2.75) is 347 Å². The molecule has 0 aliphatic heterocycles. The minimum Gasteiger partial charge on any atom is -0.463 e. The molecule has 0 fully saturated rings. The SMILES string of the molecule is CC/C=C\C/C=C\C/C=C\C/C=C\C/C=C\C/C=C\CCCCC(=O)OCC(COP(=O)(O)OCC(O)COP(=O)(O)OCC(O)COC(=O)CCCCCCCCCCCCCCCCCCCCC/C=C\C/C=C\C/C=C\C/C=C\C/C=C\CC)OC(=O)CCCCCCCCC/C=C\C/C=C\C/C=C\CC. The Labute approximate surface area is 662 Å². The molecule has 5 unspecified atom stereocenters. The zero-order chi connectivity index (χ0) is 79.4. The molecular weight excluding hydrogens is 1410 g/mol. The zero-order valence-corrected chi connectivity index (χ0v) is 70.0. The number of phosphoric acid groups is 2. The summed E-state index contributed by atoms with van der Waals surface area (Å²) in [5, 5.41) is 20.7. The van der Waals surface area contributed by atoms with E-state index in [1.165, 1.54) is 103 Å². The first-order valence-electron chi connectivity index (χ1n) is 42.4. The number of hydrogen-bond donors (Lipinski definition) is 4. The van der Waals surface area contributed by atoms with Crippen LogP contribution >= 0.6 is 15.6 Å². The fraction of sp³-hybridized carbons (Fsp3) is 0.659. The number of allylic oxidation sites excluding steroid dienone is 28. The van der Waals surface area contributed by atoms with E-state index in [2.05, 4.69) is 191 Å². The molecule has 18 heteroatoms. The lowest BCUT2D eigenvalue weighted by atomic mass is 10.0. The average Bonchev–Trinajstić information content (AvgIpc) is 0.903. The van der Waals surface area contributed by atoms with Crippen LogP contribution in [0.1, 0.15) is 329 Å². The number of rotatable bonds is 79. The quantitative estimate of drug-likeness (QED) is 0.0146. The molecule has 109 heavy (non-hydrogen) atoms. The Bertz CT molecular complexity index is 2660. The maximum Gasteiger partial charge on any atom is 0.472 e. The number of aliphatic hydroxyl groups is 2. The Morgan fingerprint density at radius 2 is 0.459 bits per heavy atom. The number of phosphoric ester groups is 2. The summed E-state index contributed by atoms with van der Waals surface area (Å²) in [5.74, 6) is -1.64. The van der Waals surface area contributed by atoms with E-state index < -0.39 is 91.5 Å². The van der Waals surface area contributed by atoms with E-state index in [9.17, 15) is 43.5 Å². The van der Waals surface area contributed by atoms with E-state index >= 15 is 0 Å². The van der Waals surface area contributed by atoms with Crippen molar-refractivity contribution in [3.8, 4) is 0 Å². The van der Waals surface area contributed by atoms with Crippen molar-refractivity contribution in [3.63, 3.8) is 0 Å². The molecule has 16 nitrogen and oxygen atoms in total. The van der Waals surface area contributed by atoms with Gasteiger partial charge in [0.15, 0.2) is 6.10 Å². The summed E-state index contributed by atoms with van der Waals surface area (Å²) in [6.07, 6.45) is 106. The molecule has 0 saturated heterocycles. The summed E-state index contributed by atoms with van der Waals surface area (Å²) < 4.78 is 61.2. The summed E-state index contributed by atoms with van der Waals surface area (Å²) in [7, 11) is -9.82. The van der Waals surface area contributed by atoms with Crippen LogP contribution in [0.25, 0.3) is 0 Å². The molecule has 622 valence electrons. The molecule has 0 aliphatic carbocycles. The molecule has 0 bridgehead atoms. The van der Waals surface area contributed by atoms with Crippen molar-refractivity contribution >= 4 is 33.6 Å². The van der Waals surface area contributed by atoms with Gasteiger partial charge in [-0.15, -0.1) is 0 Å². The van der Waals surface area contributed by atoms with Gasteiger partial charge in [0.05, 0.1) is 26.4 Å². The number of ether oxygens (including phenoxy) is 3. The number of esters is 3. The first-order valence-corrected chi connectivity index (χ1v) is 45.4. The molecule has 0 amide bonds. The topological polar surface area (TPSA) is 231 Å². The molecule has 0 saturated carbocycles. The molecule has 0 rings (SSSR count). The Hall–Kier alpha value is -5.09. The highest BCUT2D eigenvalue weighted by molar-refractivity contribution is 7.47. The van der Waals surface area contributed by atoms with E-state index in [1.807, 2.05) is 0 Å². The molecule has 5 atom stereocenters. The molecule has 0 heterocycles. The summed E-state index contributed by atoms with van der Waals surface area (Å²) in [6, 6.07) is 0. The molecule has 0 aromatic heterocycles. The number of hydrogen-bond acceptors (Lipinski definition) is 14. The first kappa shape index (κ1) is 104. The van der Waals surface area contributed by atoms with Gasteiger partial charge in [-0.3, -0.25) is 32.5 Å². The van der Waals surface area contributed by atoms with Gasteiger partial charge in [-0.05, 0) is 148 Å². The van der Waals surface area contributed by atoms with Crippen LogP contribution in [0.4, 0.5) is 0 Å². The normalized spacial score (nSPS) is 14.7. The monoisotopic (exact) mass is 1560 g/mol.